The molecular formula is C12H16F2N2O. The molecule has 3 nitrogen and oxygen atoms in total. The van der Waals surface area contributed by atoms with Gasteiger partial charge in [0.25, 0.3) is 0 Å². The Hall–Kier alpha value is -1.49. The lowest BCUT2D eigenvalue weighted by Gasteiger charge is -2.25. The SMILES string of the molecule is CC(C)(C)C(N)C(=O)Nc1c(F)cccc1F. The third kappa shape index (κ3) is 3.23. The summed E-state index contributed by atoms with van der Waals surface area (Å²) in [6, 6.07) is 2.52. The monoisotopic (exact) mass is 242 g/mol. The number of rotatable bonds is 2. The van der Waals surface area contributed by atoms with Gasteiger partial charge < -0.3 is 11.1 Å². The molecule has 94 valence electrons. The molecule has 0 aliphatic heterocycles. The summed E-state index contributed by atoms with van der Waals surface area (Å²) in [4.78, 5) is 11.7. The van der Waals surface area contributed by atoms with Crippen LogP contribution in [0, 0.1) is 17.0 Å². The van der Waals surface area contributed by atoms with E-state index in [1.54, 1.807) is 20.8 Å². The first-order valence-electron chi connectivity index (χ1n) is 5.24. The number of hydrogen-bond acceptors (Lipinski definition) is 2. The number of para-hydroxylation sites is 1. The van der Waals surface area contributed by atoms with Gasteiger partial charge in [0.05, 0.1) is 6.04 Å². The van der Waals surface area contributed by atoms with Crippen molar-refractivity contribution in [3.63, 3.8) is 0 Å². The number of halogens is 2. The number of benzene rings is 1. The average Bonchev–Trinajstić information content (AvgIpc) is 2.21. The summed E-state index contributed by atoms with van der Waals surface area (Å²) < 4.78 is 26.6. The third-order valence-electron chi connectivity index (χ3n) is 2.43. The molecule has 0 saturated carbocycles. The van der Waals surface area contributed by atoms with Gasteiger partial charge in [-0.3, -0.25) is 4.79 Å². The molecule has 17 heavy (non-hydrogen) atoms. The van der Waals surface area contributed by atoms with E-state index in [2.05, 4.69) is 5.32 Å². The lowest BCUT2D eigenvalue weighted by atomic mass is 9.87. The van der Waals surface area contributed by atoms with Crippen LogP contribution in [0.25, 0.3) is 0 Å². The Morgan fingerprint density at radius 3 is 2.18 bits per heavy atom. The van der Waals surface area contributed by atoms with Crippen molar-refractivity contribution in [2.75, 3.05) is 5.32 Å². The van der Waals surface area contributed by atoms with Crippen LogP contribution in [0.1, 0.15) is 20.8 Å². The van der Waals surface area contributed by atoms with Crippen LogP contribution in [0.3, 0.4) is 0 Å². The van der Waals surface area contributed by atoms with Crippen molar-refractivity contribution >= 4 is 11.6 Å². The molecule has 0 saturated heterocycles. The van der Waals surface area contributed by atoms with Gasteiger partial charge in [0.2, 0.25) is 5.91 Å². The van der Waals surface area contributed by atoms with Crippen molar-refractivity contribution < 1.29 is 13.6 Å². The van der Waals surface area contributed by atoms with Crippen molar-refractivity contribution in [1.29, 1.82) is 0 Å². The number of anilines is 1. The third-order valence-corrected chi connectivity index (χ3v) is 2.43. The van der Waals surface area contributed by atoms with E-state index in [0.717, 1.165) is 12.1 Å². The van der Waals surface area contributed by atoms with E-state index >= 15 is 0 Å². The maximum atomic E-state index is 13.3. The molecule has 0 heterocycles. The maximum Gasteiger partial charge on any atom is 0.241 e. The number of hydrogen-bond donors (Lipinski definition) is 2. The van der Waals surface area contributed by atoms with Crippen LogP contribution in [-0.4, -0.2) is 11.9 Å². The van der Waals surface area contributed by atoms with E-state index in [4.69, 9.17) is 5.73 Å². The van der Waals surface area contributed by atoms with Gasteiger partial charge in [0.15, 0.2) is 0 Å². The Morgan fingerprint density at radius 2 is 1.76 bits per heavy atom. The fourth-order valence-corrected chi connectivity index (χ4v) is 1.21. The van der Waals surface area contributed by atoms with Crippen LogP contribution in [0.2, 0.25) is 0 Å². The first-order chi connectivity index (χ1) is 7.73. The Balaban J connectivity index is 2.89. The molecule has 0 fully saturated rings. The lowest BCUT2D eigenvalue weighted by Crippen LogP contribution is -2.45. The summed E-state index contributed by atoms with van der Waals surface area (Å²) in [6.07, 6.45) is 0. The Labute approximate surface area is 99.0 Å². The fraction of sp³-hybridized carbons (Fsp3) is 0.417. The predicted molar refractivity (Wildman–Crippen MR) is 62.4 cm³/mol. The van der Waals surface area contributed by atoms with Crippen molar-refractivity contribution in [1.82, 2.24) is 0 Å². The van der Waals surface area contributed by atoms with Crippen molar-refractivity contribution in [3.8, 4) is 0 Å². The van der Waals surface area contributed by atoms with E-state index < -0.39 is 34.7 Å². The molecule has 1 aromatic carbocycles. The van der Waals surface area contributed by atoms with Crippen LogP contribution >= 0.6 is 0 Å². The summed E-state index contributed by atoms with van der Waals surface area (Å²) in [5.41, 5.74) is 4.74. The predicted octanol–water partition coefficient (Wildman–Crippen LogP) is 2.28. The topological polar surface area (TPSA) is 55.1 Å². The Morgan fingerprint density at radius 1 is 1.29 bits per heavy atom. The second kappa shape index (κ2) is 4.79. The first kappa shape index (κ1) is 13.6. The molecule has 3 N–H and O–H groups in total. The van der Waals surface area contributed by atoms with Gasteiger partial charge in [0, 0.05) is 0 Å². The first-order valence-corrected chi connectivity index (χ1v) is 5.24. The second-order valence-corrected chi connectivity index (χ2v) is 4.93. The molecular weight excluding hydrogens is 226 g/mol. The van der Waals surface area contributed by atoms with Gasteiger partial charge >= 0.3 is 0 Å². The van der Waals surface area contributed by atoms with Gasteiger partial charge in [-0.25, -0.2) is 8.78 Å². The zero-order valence-corrected chi connectivity index (χ0v) is 10.1. The fourth-order valence-electron chi connectivity index (χ4n) is 1.21. The van der Waals surface area contributed by atoms with E-state index in [1.165, 1.54) is 6.07 Å². The van der Waals surface area contributed by atoms with Gasteiger partial charge in [-0.2, -0.15) is 0 Å². The summed E-state index contributed by atoms with van der Waals surface area (Å²) in [7, 11) is 0. The van der Waals surface area contributed by atoms with Crippen molar-refractivity contribution in [2.24, 2.45) is 11.1 Å². The number of carbonyl (C=O) groups excluding carboxylic acids is 1. The van der Waals surface area contributed by atoms with Crippen LogP contribution in [-0.2, 0) is 4.79 Å². The number of amides is 1. The molecule has 0 radical (unpaired) electrons. The van der Waals surface area contributed by atoms with Crippen LogP contribution in [0.4, 0.5) is 14.5 Å². The highest BCUT2D eigenvalue weighted by molar-refractivity contribution is 5.95. The summed E-state index contributed by atoms with van der Waals surface area (Å²) >= 11 is 0. The molecule has 0 bridgehead atoms. The largest absolute Gasteiger partial charge is 0.320 e. The number of nitrogens with one attached hydrogen (secondary N) is 1. The van der Waals surface area contributed by atoms with E-state index in [-0.39, 0.29) is 0 Å². The van der Waals surface area contributed by atoms with Gasteiger partial charge in [-0.05, 0) is 17.5 Å². The minimum atomic E-state index is -0.846. The zero-order chi connectivity index (χ0) is 13.2. The van der Waals surface area contributed by atoms with Crippen LogP contribution < -0.4 is 11.1 Å². The lowest BCUT2D eigenvalue weighted by molar-refractivity contribution is -0.119. The molecule has 1 unspecified atom stereocenters. The second-order valence-electron chi connectivity index (χ2n) is 4.93. The van der Waals surface area contributed by atoms with E-state index in [9.17, 15) is 13.6 Å². The summed E-state index contributed by atoms with van der Waals surface area (Å²) in [5, 5.41) is 2.17. The molecule has 1 aromatic rings. The minimum absolute atomic E-state index is 0.461. The van der Waals surface area contributed by atoms with E-state index in [0.29, 0.717) is 0 Å². The highest BCUT2D eigenvalue weighted by Gasteiger charge is 2.28. The quantitative estimate of drug-likeness (QED) is 0.835. The molecule has 1 atom stereocenters. The highest BCUT2D eigenvalue weighted by atomic mass is 19.1. The number of carbonyl (C=O) groups is 1. The molecule has 0 spiro atoms. The standard InChI is InChI=1S/C12H16F2N2O/c1-12(2,3)10(15)11(17)16-9-7(13)5-4-6-8(9)14/h4-6,10H,15H2,1-3H3,(H,16,17). The van der Waals surface area contributed by atoms with Gasteiger partial charge in [-0.15, -0.1) is 0 Å². The van der Waals surface area contributed by atoms with Gasteiger partial charge in [-0.1, -0.05) is 26.8 Å². The normalized spacial score (nSPS) is 13.3. The molecule has 1 rings (SSSR count). The molecule has 1 amide bonds. The van der Waals surface area contributed by atoms with E-state index in [1.807, 2.05) is 0 Å². The Bertz CT molecular complexity index is 407. The molecule has 0 aliphatic rings. The summed E-state index contributed by atoms with van der Waals surface area (Å²) in [6.45, 7) is 5.32. The van der Waals surface area contributed by atoms with Crippen molar-refractivity contribution in [3.05, 3.63) is 29.8 Å². The maximum absolute atomic E-state index is 13.3. The average molecular weight is 242 g/mol. The number of nitrogens with two attached hydrogens (primary N) is 1. The molecule has 5 heteroatoms. The van der Waals surface area contributed by atoms with Crippen molar-refractivity contribution in [2.45, 2.75) is 26.8 Å². The highest BCUT2D eigenvalue weighted by Crippen LogP contribution is 2.21. The summed E-state index contributed by atoms with van der Waals surface area (Å²) in [5.74, 6) is -2.25. The van der Waals surface area contributed by atoms with Crippen LogP contribution in [0.5, 0.6) is 0 Å². The molecule has 0 aliphatic carbocycles. The van der Waals surface area contributed by atoms with Gasteiger partial charge in [0.1, 0.15) is 17.3 Å². The smallest absolute Gasteiger partial charge is 0.241 e. The Kier molecular flexibility index (Phi) is 3.83. The zero-order valence-electron chi connectivity index (χ0n) is 10.1. The minimum Gasteiger partial charge on any atom is -0.320 e. The molecule has 0 aromatic heterocycles. The van der Waals surface area contributed by atoms with Crippen LogP contribution in [0.15, 0.2) is 18.2 Å².